The van der Waals surface area contributed by atoms with E-state index in [4.69, 9.17) is 0 Å². The molecule has 5 heterocycles. The van der Waals surface area contributed by atoms with Crippen LogP contribution in [0, 0.1) is 5.82 Å². The zero-order valence-corrected chi connectivity index (χ0v) is 18.8. The molecule has 0 spiro atoms. The third-order valence-electron chi connectivity index (χ3n) is 6.39. The fourth-order valence-corrected chi connectivity index (χ4v) is 4.58. The van der Waals surface area contributed by atoms with Gasteiger partial charge in [0.2, 0.25) is 0 Å². The minimum atomic E-state index is -0.620. The molecule has 0 unspecified atom stereocenters. The lowest BCUT2D eigenvalue weighted by atomic mass is 9.99. The van der Waals surface area contributed by atoms with E-state index >= 15 is 4.39 Å². The first-order valence-electron chi connectivity index (χ1n) is 11.2. The quantitative estimate of drug-likeness (QED) is 0.319. The number of aryl methyl sites for hydroxylation is 1. The lowest BCUT2D eigenvalue weighted by Gasteiger charge is -2.15. The van der Waals surface area contributed by atoms with Crippen LogP contribution in [-0.4, -0.2) is 61.0 Å². The monoisotopic (exact) mass is 471 g/mol. The Labute approximate surface area is 199 Å². The second kappa shape index (κ2) is 8.26. The highest BCUT2D eigenvalue weighted by atomic mass is 19.1. The molecular weight excluding hydrogens is 449 g/mol. The molecule has 0 bridgehead atoms. The van der Waals surface area contributed by atoms with Crippen molar-refractivity contribution in [3.8, 4) is 22.4 Å². The maximum Gasteiger partial charge on any atom is 0.251 e. The third-order valence-corrected chi connectivity index (χ3v) is 6.39. The lowest BCUT2D eigenvalue weighted by Crippen LogP contribution is -2.42. The Hall–Kier alpha value is -4.15. The van der Waals surface area contributed by atoms with Crippen molar-refractivity contribution in [2.24, 2.45) is 7.05 Å². The number of fused-ring (bicyclic) bond motifs is 3. The van der Waals surface area contributed by atoms with E-state index in [0.29, 0.717) is 40.8 Å². The van der Waals surface area contributed by atoms with Crippen LogP contribution in [0.5, 0.6) is 0 Å². The number of β-amino-alcohol motifs (C(OH)–C–C–N with tert-alkyl or cyclic N) is 1. The summed E-state index contributed by atoms with van der Waals surface area (Å²) in [5, 5.41) is 21.4. The van der Waals surface area contributed by atoms with E-state index in [2.05, 4.69) is 30.7 Å². The Morgan fingerprint density at radius 2 is 1.97 bits per heavy atom. The molecule has 0 aliphatic carbocycles. The molecule has 0 radical (unpaired) electrons. The van der Waals surface area contributed by atoms with Gasteiger partial charge in [-0.2, -0.15) is 5.10 Å². The van der Waals surface area contributed by atoms with E-state index in [-0.39, 0.29) is 11.9 Å². The van der Waals surface area contributed by atoms with E-state index in [1.807, 2.05) is 19.3 Å². The largest absolute Gasteiger partial charge is 0.390 e. The Kier molecular flexibility index (Phi) is 5.05. The molecule has 9 nitrogen and oxygen atoms in total. The van der Waals surface area contributed by atoms with Crippen molar-refractivity contribution in [2.45, 2.75) is 12.1 Å². The van der Waals surface area contributed by atoms with Crippen LogP contribution < -0.4 is 10.6 Å². The van der Waals surface area contributed by atoms with Gasteiger partial charge in [0.05, 0.1) is 41.9 Å². The minimum absolute atomic E-state index is 0.288. The number of carbonyl (C=O) groups excluding carboxylic acids is 1. The number of rotatable bonds is 4. The van der Waals surface area contributed by atoms with Crippen LogP contribution in [0.4, 0.5) is 4.39 Å². The van der Waals surface area contributed by atoms with Gasteiger partial charge in [0.25, 0.3) is 5.91 Å². The summed E-state index contributed by atoms with van der Waals surface area (Å²) in [5.74, 6) is -0.751. The standard InChI is InChI=1S/C25H22FN7O2/c1-33-12-15(7-30-33)18-6-16-19(10-28-18)31-24-23(16)22(17(26)8-29-24)13-2-4-14(5-3-13)25(35)32-20-9-27-11-21(20)34/h2-8,10,12,20-21,27,34H,9,11H2,1H3,(H,29,31)(H,32,35)/t20-,21+/m0/s1. The Morgan fingerprint density at radius 1 is 1.14 bits per heavy atom. The van der Waals surface area contributed by atoms with Crippen LogP contribution in [0.15, 0.2) is 55.1 Å². The minimum Gasteiger partial charge on any atom is -0.390 e. The number of aromatic amines is 1. The smallest absolute Gasteiger partial charge is 0.251 e. The average molecular weight is 471 g/mol. The molecule has 1 amide bonds. The normalized spacial score (nSPS) is 17.9. The molecule has 4 aromatic heterocycles. The molecule has 35 heavy (non-hydrogen) atoms. The summed E-state index contributed by atoms with van der Waals surface area (Å²) in [6, 6.07) is 8.31. The molecule has 1 aliphatic heterocycles. The number of carbonyl (C=O) groups is 1. The molecule has 1 saturated heterocycles. The van der Waals surface area contributed by atoms with Crippen molar-refractivity contribution in [3.05, 3.63) is 66.5 Å². The number of aromatic nitrogens is 5. The fraction of sp³-hybridized carbons (Fsp3) is 0.200. The summed E-state index contributed by atoms with van der Waals surface area (Å²) < 4.78 is 16.9. The highest BCUT2D eigenvalue weighted by Crippen LogP contribution is 2.36. The van der Waals surface area contributed by atoms with Gasteiger partial charge in [0.1, 0.15) is 11.5 Å². The SMILES string of the molecule is Cn1cc(-c2cc3c(cn2)[nH]c2ncc(F)c(-c4ccc(C(=O)N[C@H]5CNC[C@H]5O)cc4)c23)cn1. The first-order chi connectivity index (χ1) is 17.0. The molecule has 4 N–H and O–H groups in total. The molecule has 10 heteroatoms. The van der Waals surface area contributed by atoms with Gasteiger partial charge < -0.3 is 20.7 Å². The number of aliphatic hydroxyl groups excluding tert-OH is 1. The van der Waals surface area contributed by atoms with Gasteiger partial charge in [0.15, 0.2) is 0 Å². The molecule has 0 saturated carbocycles. The summed E-state index contributed by atoms with van der Waals surface area (Å²) in [5.41, 5.74) is 4.31. The average Bonchev–Trinajstić information content (AvgIpc) is 3.57. The highest BCUT2D eigenvalue weighted by molar-refractivity contribution is 6.13. The molecule has 176 valence electrons. The van der Waals surface area contributed by atoms with Crippen LogP contribution >= 0.6 is 0 Å². The second-order valence-electron chi connectivity index (χ2n) is 8.73. The Balaban J connectivity index is 1.41. The molecule has 5 aromatic rings. The van der Waals surface area contributed by atoms with Crippen molar-refractivity contribution in [3.63, 3.8) is 0 Å². The number of hydrogen-bond acceptors (Lipinski definition) is 6. The molecule has 6 rings (SSSR count). The van der Waals surface area contributed by atoms with Crippen molar-refractivity contribution in [1.29, 1.82) is 0 Å². The molecule has 2 atom stereocenters. The summed E-state index contributed by atoms with van der Waals surface area (Å²) in [7, 11) is 1.84. The van der Waals surface area contributed by atoms with Crippen LogP contribution in [0.1, 0.15) is 10.4 Å². The number of nitrogens with one attached hydrogen (secondary N) is 3. The predicted octanol–water partition coefficient (Wildman–Crippen LogP) is 2.38. The number of H-pyrrole nitrogens is 1. The van der Waals surface area contributed by atoms with E-state index in [9.17, 15) is 9.90 Å². The van der Waals surface area contributed by atoms with Crippen LogP contribution in [0.3, 0.4) is 0 Å². The van der Waals surface area contributed by atoms with Crippen molar-refractivity contribution in [2.75, 3.05) is 13.1 Å². The second-order valence-corrected chi connectivity index (χ2v) is 8.73. The van der Waals surface area contributed by atoms with E-state index in [1.165, 1.54) is 6.20 Å². The van der Waals surface area contributed by atoms with E-state index < -0.39 is 11.9 Å². The van der Waals surface area contributed by atoms with Gasteiger partial charge in [0, 0.05) is 53.8 Å². The topological polar surface area (TPSA) is 121 Å². The molecule has 1 aliphatic rings. The number of aliphatic hydroxyl groups is 1. The molecular formula is C25H22FN7O2. The Morgan fingerprint density at radius 3 is 2.69 bits per heavy atom. The van der Waals surface area contributed by atoms with Gasteiger partial charge in [-0.05, 0) is 23.8 Å². The van der Waals surface area contributed by atoms with E-state index in [0.717, 1.165) is 22.2 Å². The van der Waals surface area contributed by atoms with Gasteiger partial charge in [-0.1, -0.05) is 12.1 Å². The third kappa shape index (κ3) is 3.72. The number of halogens is 1. The van der Waals surface area contributed by atoms with Crippen LogP contribution in [0.2, 0.25) is 0 Å². The maximum absolute atomic E-state index is 15.2. The van der Waals surface area contributed by atoms with Crippen LogP contribution in [0.25, 0.3) is 44.3 Å². The van der Waals surface area contributed by atoms with Crippen molar-refractivity contribution in [1.82, 2.24) is 35.4 Å². The zero-order valence-electron chi connectivity index (χ0n) is 18.8. The first kappa shape index (κ1) is 21.4. The van der Waals surface area contributed by atoms with E-state index in [1.54, 1.807) is 41.3 Å². The summed E-state index contributed by atoms with van der Waals surface area (Å²) >= 11 is 0. The van der Waals surface area contributed by atoms with Gasteiger partial charge in [-0.15, -0.1) is 0 Å². The zero-order chi connectivity index (χ0) is 24.1. The van der Waals surface area contributed by atoms with Crippen molar-refractivity contribution >= 4 is 27.8 Å². The summed E-state index contributed by atoms with van der Waals surface area (Å²) in [4.78, 5) is 24.6. The number of pyridine rings is 2. The van der Waals surface area contributed by atoms with Gasteiger partial charge >= 0.3 is 0 Å². The molecule has 1 fully saturated rings. The number of hydrogen-bond donors (Lipinski definition) is 4. The maximum atomic E-state index is 15.2. The fourth-order valence-electron chi connectivity index (χ4n) is 4.58. The highest BCUT2D eigenvalue weighted by Gasteiger charge is 2.26. The van der Waals surface area contributed by atoms with Gasteiger partial charge in [-0.3, -0.25) is 14.5 Å². The molecule has 1 aromatic carbocycles. The Bertz CT molecular complexity index is 1570. The summed E-state index contributed by atoms with van der Waals surface area (Å²) in [6.07, 6.45) is 5.88. The number of nitrogens with zero attached hydrogens (tertiary/aromatic N) is 4. The van der Waals surface area contributed by atoms with Crippen molar-refractivity contribution < 1.29 is 14.3 Å². The first-order valence-corrected chi connectivity index (χ1v) is 11.2. The number of benzene rings is 1. The van der Waals surface area contributed by atoms with Crippen LogP contribution in [-0.2, 0) is 7.05 Å². The van der Waals surface area contributed by atoms with Gasteiger partial charge in [-0.25, -0.2) is 9.37 Å². The lowest BCUT2D eigenvalue weighted by molar-refractivity contribution is 0.0888. The number of amides is 1. The predicted molar refractivity (Wildman–Crippen MR) is 129 cm³/mol. The summed E-state index contributed by atoms with van der Waals surface area (Å²) in [6.45, 7) is 0.964.